The van der Waals surface area contributed by atoms with Crippen molar-refractivity contribution in [3.8, 4) is 5.75 Å². The smallest absolute Gasteiger partial charge is 0.270 e. The number of pyridine rings is 1. The second kappa shape index (κ2) is 8.85. The van der Waals surface area contributed by atoms with Gasteiger partial charge in [-0.3, -0.25) is 9.78 Å². The lowest BCUT2D eigenvalue weighted by molar-refractivity contribution is 0.0946. The third-order valence-electron chi connectivity index (χ3n) is 4.22. The highest BCUT2D eigenvalue weighted by atomic mass is 16.5. The lowest BCUT2D eigenvalue weighted by Crippen LogP contribution is -2.23. The highest BCUT2D eigenvalue weighted by molar-refractivity contribution is 5.93. The van der Waals surface area contributed by atoms with E-state index in [2.05, 4.69) is 46.8 Å². The van der Waals surface area contributed by atoms with Crippen LogP contribution in [0.2, 0.25) is 0 Å². The van der Waals surface area contributed by atoms with E-state index in [-0.39, 0.29) is 5.91 Å². The fourth-order valence-electron chi connectivity index (χ4n) is 2.59. The first-order chi connectivity index (χ1) is 13.1. The predicted octanol–water partition coefficient (Wildman–Crippen LogP) is 3.94. The van der Waals surface area contributed by atoms with E-state index in [1.165, 1.54) is 11.1 Å². The molecule has 3 aromatic rings. The predicted molar refractivity (Wildman–Crippen MR) is 107 cm³/mol. The summed E-state index contributed by atoms with van der Waals surface area (Å²) in [5.41, 5.74) is 4.66. The normalized spacial score (nSPS) is 10.3. The molecule has 3 rings (SSSR count). The molecule has 5 nitrogen and oxygen atoms in total. The van der Waals surface area contributed by atoms with Gasteiger partial charge in [0.05, 0.1) is 7.11 Å². The van der Waals surface area contributed by atoms with Crippen LogP contribution < -0.4 is 15.4 Å². The number of amides is 1. The van der Waals surface area contributed by atoms with Gasteiger partial charge in [-0.2, -0.15) is 0 Å². The third-order valence-corrected chi connectivity index (χ3v) is 4.22. The number of benzene rings is 2. The quantitative estimate of drug-likeness (QED) is 0.669. The molecule has 27 heavy (non-hydrogen) atoms. The highest BCUT2D eigenvalue weighted by Crippen LogP contribution is 2.13. The number of anilines is 1. The van der Waals surface area contributed by atoms with Crippen molar-refractivity contribution in [2.75, 3.05) is 12.4 Å². The van der Waals surface area contributed by atoms with E-state index in [9.17, 15) is 4.79 Å². The van der Waals surface area contributed by atoms with Gasteiger partial charge in [0.25, 0.3) is 5.91 Å². The molecule has 138 valence electrons. The van der Waals surface area contributed by atoms with Crippen LogP contribution >= 0.6 is 0 Å². The number of nitrogens with zero attached hydrogens (tertiary/aromatic N) is 1. The minimum atomic E-state index is -0.204. The molecule has 1 amide bonds. The zero-order valence-corrected chi connectivity index (χ0v) is 15.5. The largest absolute Gasteiger partial charge is 0.497 e. The summed E-state index contributed by atoms with van der Waals surface area (Å²) in [6.45, 7) is 3.19. The maximum Gasteiger partial charge on any atom is 0.270 e. The fourth-order valence-corrected chi connectivity index (χ4v) is 2.59. The Morgan fingerprint density at radius 3 is 2.33 bits per heavy atom. The van der Waals surface area contributed by atoms with Crippen LogP contribution in [0.3, 0.4) is 0 Å². The van der Waals surface area contributed by atoms with Crippen molar-refractivity contribution in [2.45, 2.75) is 20.0 Å². The summed E-state index contributed by atoms with van der Waals surface area (Å²) in [4.78, 5) is 16.6. The maximum atomic E-state index is 12.4. The Balaban J connectivity index is 1.56. The number of methoxy groups -OCH3 is 1. The van der Waals surface area contributed by atoms with Gasteiger partial charge in [-0.15, -0.1) is 0 Å². The fraction of sp³-hybridized carbons (Fsp3) is 0.182. The summed E-state index contributed by atoms with van der Waals surface area (Å²) >= 11 is 0. The van der Waals surface area contributed by atoms with Crippen LogP contribution in [0, 0.1) is 6.92 Å². The summed E-state index contributed by atoms with van der Waals surface area (Å²) in [5.74, 6) is 0.587. The third kappa shape index (κ3) is 5.31. The Morgan fingerprint density at radius 2 is 1.63 bits per heavy atom. The molecule has 1 heterocycles. The standard InChI is InChI=1S/C22H23N3O2/c1-16-3-5-17(6-4-16)14-24-19-11-12-23-21(13-19)22(26)25-15-18-7-9-20(27-2)10-8-18/h3-13H,14-15H2,1-2H3,(H,23,24)(H,25,26). The van der Waals surface area contributed by atoms with Crippen molar-refractivity contribution in [1.29, 1.82) is 0 Å². The van der Waals surface area contributed by atoms with Gasteiger partial charge in [0.2, 0.25) is 0 Å². The molecular formula is C22H23N3O2. The number of nitrogens with one attached hydrogen (secondary N) is 2. The van der Waals surface area contributed by atoms with Gasteiger partial charge in [-0.1, -0.05) is 42.0 Å². The number of aromatic nitrogens is 1. The van der Waals surface area contributed by atoms with Crippen molar-refractivity contribution in [3.63, 3.8) is 0 Å². The summed E-state index contributed by atoms with van der Waals surface area (Å²) in [6, 6.07) is 19.6. The number of hydrogen-bond donors (Lipinski definition) is 2. The molecule has 2 aromatic carbocycles. The summed E-state index contributed by atoms with van der Waals surface area (Å²) in [5, 5.41) is 6.22. The van der Waals surface area contributed by atoms with Crippen molar-refractivity contribution in [3.05, 3.63) is 89.2 Å². The van der Waals surface area contributed by atoms with Crippen molar-refractivity contribution < 1.29 is 9.53 Å². The Labute approximate surface area is 159 Å². The molecule has 0 atom stereocenters. The van der Waals surface area contributed by atoms with Crippen LogP contribution in [0.15, 0.2) is 66.9 Å². The maximum absolute atomic E-state index is 12.4. The van der Waals surface area contributed by atoms with Crippen LogP contribution in [0.4, 0.5) is 5.69 Å². The SMILES string of the molecule is COc1ccc(CNC(=O)c2cc(NCc3ccc(C)cc3)ccn2)cc1. The van der Waals surface area contributed by atoms with Crippen LogP contribution in [-0.4, -0.2) is 18.0 Å². The zero-order valence-electron chi connectivity index (χ0n) is 15.5. The minimum absolute atomic E-state index is 0.204. The lowest BCUT2D eigenvalue weighted by atomic mass is 10.1. The van der Waals surface area contributed by atoms with Gasteiger partial charge in [-0.25, -0.2) is 0 Å². The van der Waals surface area contributed by atoms with E-state index in [4.69, 9.17) is 4.74 Å². The number of hydrogen-bond acceptors (Lipinski definition) is 4. The van der Waals surface area contributed by atoms with Gasteiger partial charge < -0.3 is 15.4 Å². The molecule has 2 N–H and O–H groups in total. The summed E-state index contributed by atoms with van der Waals surface area (Å²) < 4.78 is 5.13. The second-order valence-electron chi connectivity index (χ2n) is 6.30. The van der Waals surface area contributed by atoms with Crippen LogP contribution in [0.1, 0.15) is 27.2 Å². The Morgan fingerprint density at radius 1 is 0.963 bits per heavy atom. The van der Waals surface area contributed by atoms with Crippen LogP contribution in [0.5, 0.6) is 5.75 Å². The first-order valence-electron chi connectivity index (χ1n) is 8.80. The van der Waals surface area contributed by atoms with Crippen LogP contribution in [-0.2, 0) is 13.1 Å². The van der Waals surface area contributed by atoms with E-state index >= 15 is 0 Å². The van der Waals surface area contributed by atoms with Crippen molar-refractivity contribution in [2.24, 2.45) is 0 Å². The second-order valence-corrected chi connectivity index (χ2v) is 6.30. The molecule has 0 aliphatic rings. The molecule has 0 aliphatic heterocycles. The molecule has 0 fully saturated rings. The minimum Gasteiger partial charge on any atom is -0.497 e. The first kappa shape index (κ1) is 18.5. The van der Waals surface area contributed by atoms with Crippen LogP contribution in [0.25, 0.3) is 0 Å². The van der Waals surface area contributed by atoms with E-state index in [0.29, 0.717) is 18.8 Å². The highest BCUT2D eigenvalue weighted by Gasteiger charge is 2.08. The molecule has 0 aliphatic carbocycles. The molecule has 0 spiro atoms. The zero-order chi connectivity index (χ0) is 19.1. The molecule has 0 unspecified atom stereocenters. The number of ether oxygens (including phenoxy) is 1. The molecule has 0 radical (unpaired) electrons. The topological polar surface area (TPSA) is 63.2 Å². The number of rotatable bonds is 7. The molecule has 0 saturated carbocycles. The van der Waals surface area contributed by atoms with Gasteiger partial charge in [0, 0.05) is 25.0 Å². The van der Waals surface area contributed by atoms with Gasteiger partial charge in [0.15, 0.2) is 0 Å². The van der Waals surface area contributed by atoms with E-state index in [0.717, 1.165) is 17.0 Å². The average Bonchev–Trinajstić information content (AvgIpc) is 2.72. The first-order valence-corrected chi connectivity index (χ1v) is 8.80. The average molecular weight is 361 g/mol. The molecular weight excluding hydrogens is 338 g/mol. The molecule has 5 heteroatoms. The summed E-state index contributed by atoms with van der Waals surface area (Å²) in [6.07, 6.45) is 1.64. The Hall–Kier alpha value is -3.34. The number of carbonyl (C=O) groups is 1. The van der Waals surface area contributed by atoms with Crippen molar-refractivity contribution in [1.82, 2.24) is 10.3 Å². The molecule has 0 saturated heterocycles. The Bertz CT molecular complexity index is 890. The van der Waals surface area contributed by atoms with Gasteiger partial charge in [0.1, 0.15) is 11.4 Å². The monoisotopic (exact) mass is 361 g/mol. The van der Waals surface area contributed by atoms with E-state index in [1.807, 2.05) is 30.3 Å². The summed E-state index contributed by atoms with van der Waals surface area (Å²) in [7, 11) is 1.63. The molecule has 0 bridgehead atoms. The number of aryl methyl sites for hydroxylation is 1. The molecule has 1 aromatic heterocycles. The van der Waals surface area contributed by atoms with Gasteiger partial charge in [-0.05, 0) is 42.3 Å². The Kier molecular flexibility index (Phi) is 6.05. The lowest BCUT2D eigenvalue weighted by Gasteiger charge is -2.09. The van der Waals surface area contributed by atoms with E-state index < -0.39 is 0 Å². The number of carbonyl (C=O) groups excluding carboxylic acids is 1. The van der Waals surface area contributed by atoms with Crippen molar-refractivity contribution >= 4 is 11.6 Å². The van der Waals surface area contributed by atoms with E-state index in [1.54, 1.807) is 19.4 Å². The van der Waals surface area contributed by atoms with Gasteiger partial charge >= 0.3 is 0 Å².